The normalized spacial score (nSPS) is 17.1. The second-order valence-electron chi connectivity index (χ2n) is 6.02. The molecule has 3 rings (SSSR count). The number of aliphatic hydroxyl groups is 2. The molecule has 3 heterocycles. The van der Waals surface area contributed by atoms with Gasteiger partial charge in [-0.2, -0.15) is 13.2 Å². The van der Waals surface area contributed by atoms with Crippen LogP contribution in [0.15, 0.2) is 35.6 Å². The summed E-state index contributed by atoms with van der Waals surface area (Å²) >= 11 is 0. The summed E-state index contributed by atoms with van der Waals surface area (Å²) in [6.45, 7) is 0.288. The smallest absolute Gasteiger partial charge is 0.364 e. The Bertz CT molecular complexity index is 769. The van der Waals surface area contributed by atoms with Crippen LogP contribution >= 0.6 is 0 Å². The fourth-order valence-corrected chi connectivity index (χ4v) is 2.92. The van der Waals surface area contributed by atoms with Gasteiger partial charge in [0.05, 0.1) is 17.4 Å². The molecule has 0 radical (unpaired) electrons. The number of pyridine rings is 1. The highest BCUT2D eigenvalue weighted by atomic mass is 19.4. The Hall–Kier alpha value is -2.19. The van der Waals surface area contributed by atoms with Gasteiger partial charge in [0, 0.05) is 43.6 Å². The van der Waals surface area contributed by atoms with Crippen molar-refractivity contribution in [2.45, 2.75) is 44.3 Å². The first-order valence-electron chi connectivity index (χ1n) is 7.93. The van der Waals surface area contributed by atoms with Gasteiger partial charge in [-0.25, -0.2) is 0 Å². The number of aliphatic hydroxyl groups excluding tert-OH is 1. The van der Waals surface area contributed by atoms with Crippen LogP contribution in [0.25, 0.3) is 0 Å². The Kier molecular flexibility index (Phi) is 4.91. The minimum absolute atomic E-state index is 0.0277. The molecule has 1 atom stereocenters. The van der Waals surface area contributed by atoms with Crippen LogP contribution in [0, 0.1) is 0 Å². The standard InChI is InChI=1S/C17H18F3N3O2/c18-17(19,20)4-1-6-23-7-3-11-8-14(22-10-15(11)23)13-9-12(16(24)25)2-5-21-13/h2-3,5,7,9-10,14,16,24-25H,1,4,6,8H2. The van der Waals surface area contributed by atoms with Crippen LogP contribution in [-0.4, -0.2) is 32.2 Å². The number of fused-ring (bicyclic) bond motifs is 1. The van der Waals surface area contributed by atoms with Crippen molar-refractivity contribution in [3.8, 4) is 0 Å². The van der Waals surface area contributed by atoms with E-state index in [2.05, 4.69) is 9.98 Å². The molecule has 0 amide bonds. The predicted octanol–water partition coefficient (Wildman–Crippen LogP) is 2.93. The summed E-state index contributed by atoms with van der Waals surface area (Å²) in [4.78, 5) is 8.67. The quantitative estimate of drug-likeness (QED) is 0.812. The molecule has 0 bridgehead atoms. The lowest BCUT2D eigenvalue weighted by molar-refractivity contribution is -0.135. The third-order valence-corrected chi connectivity index (χ3v) is 4.19. The number of hydrogen-bond acceptors (Lipinski definition) is 4. The Labute approximate surface area is 142 Å². The van der Waals surface area contributed by atoms with Crippen molar-refractivity contribution >= 4 is 6.21 Å². The van der Waals surface area contributed by atoms with E-state index in [1.165, 1.54) is 12.3 Å². The van der Waals surface area contributed by atoms with E-state index in [1.54, 1.807) is 23.0 Å². The van der Waals surface area contributed by atoms with Crippen molar-refractivity contribution in [3.63, 3.8) is 0 Å². The molecule has 134 valence electrons. The molecule has 0 spiro atoms. The second kappa shape index (κ2) is 6.97. The molecule has 2 N–H and O–H groups in total. The maximum absolute atomic E-state index is 12.3. The molecular weight excluding hydrogens is 335 g/mol. The summed E-state index contributed by atoms with van der Waals surface area (Å²) in [6, 6.07) is 4.74. The molecule has 2 aromatic rings. The van der Waals surface area contributed by atoms with Gasteiger partial charge in [-0.3, -0.25) is 9.98 Å². The zero-order valence-electron chi connectivity index (χ0n) is 13.3. The van der Waals surface area contributed by atoms with E-state index >= 15 is 0 Å². The van der Waals surface area contributed by atoms with Crippen LogP contribution in [0.2, 0.25) is 0 Å². The third kappa shape index (κ3) is 4.26. The van der Waals surface area contributed by atoms with Crippen LogP contribution in [0.1, 0.15) is 47.7 Å². The monoisotopic (exact) mass is 353 g/mol. The number of hydrogen-bond donors (Lipinski definition) is 2. The zero-order valence-corrected chi connectivity index (χ0v) is 13.3. The molecule has 0 aromatic carbocycles. The van der Waals surface area contributed by atoms with Crippen molar-refractivity contribution in [2.75, 3.05) is 0 Å². The van der Waals surface area contributed by atoms with Crippen molar-refractivity contribution in [1.29, 1.82) is 0 Å². The van der Waals surface area contributed by atoms with E-state index < -0.39 is 18.9 Å². The second-order valence-corrected chi connectivity index (χ2v) is 6.02. The van der Waals surface area contributed by atoms with Crippen LogP contribution in [-0.2, 0) is 13.0 Å². The van der Waals surface area contributed by atoms with Crippen molar-refractivity contribution in [1.82, 2.24) is 9.55 Å². The number of nitrogens with zero attached hydrogens (tertiary/aromatic N) is 3. The highest BCUT2D eigenvalue weighted by Crippen LogP contribution is 2.29. The summed E-state index contributed by atoms with van der Waals surface area (Å²) in [5.74, 6) is 0. The van der Waals surface area contributed by atoms with E-state index in [9.17, 15) is 23.4 Å². The lowest BCUT2D eigenvalue weighted by atomic mass is 10.00. The first-order valence-corrected chi connectivity index (χ1v) is 7.93. The summed E-state index contributed by atoms with van der Waals surface area (Å²) in [6.07, 6.45) is -0.995. The van der Waals surface area contributed by atoms with Gasteiger partial charge in [-0.1, -0.05) is 0 Å². The summed E-state index contributed by atoms with van der Waals surface area (Å²) in [5.41, 5.74) is 2.77. The predicted molar refractivity (Wildman–Crippen MR) is 85.2 cm³/mol. The highest BCUT2D eigenvalue weighted by molar-refractivity contribution is 5.81. The molecule has 2 aromatic heterocycles. The summed E-state index contributed by atoms with van der Waals surface area (Å²) in [7, 11) is 0. The Morgan fingerprint density at radius 3 is 2.80 bits per heavy atom. The fourth-order valence-electron chi connectivity index (χ4n) is 2.92. The lowest BCUT2D eigenvalue weighted by Gasteiger charge is -2.18. The van der Waals surface area contributed by atoms with Gasteiger partial charge >= 0.3 is 6.18 Å². The van der Waals surface area contributed by atoms with Gasteiger partial charge in [-0.15, -0.1) is 0 Å². The van der Waals surface area contributed by atoms with Crippen molar-refractivity contribution in [3.05, 3.63) is 53.1 Å². The van der Waals surface area contributed by atoms with Gasteiger partial charge in [0.1, 0.15) is 0 Å². The first kappa shape index (κ1) is 17.6. The number of alkyl halides is 3. The molecule has 8 heteroatoms. The molecule has 5 nitrogen and oxygen atoms in total. The molecule has 25 heavy (non-hydrogen) atoms. The van der Waals surface area contributed by atoms with E-state index in [-0.39, 0.29) is 19.0 Å². The van der Waals surface area contributed by atoms with Crippen LogP contribution in [0.4, 0.5) is 13.2 Å². The third-order valence-electron chi connectivity index (χ3n) is 4.19. The van der Waals surface area contributed by atoms with Crippen molar-refractivity contribution < 1.29 is 23.4 Å². The van der Waals surface area contributed by atoms with Crippen LogP contribution in [0.3, 0.4) is 0 Å². The molecule has 1 aliphatic heterocycles. The maximum atomic E-state index is 12.3. The van der Waals surface area contributed by atoms with Gasteiger partial charge in [0.25, 0.3) is 0 Å². The van der Waals surface area contributed by atoms with Crippen LogP contribution < -0.4 is 0 Å². The number of aliphatic imine (C=N–C) groups is 1. The molecular formula is C17H18F3N3O2. The molecule has 1 aliphatic rings. The largest absolute Gasteiger partial charge is 0.389 e. The summed E-state index contributed by atoms with van der Waals surface area (Å²) < 4.78 is 38.6. The number of halogens is 3. The van der Waals surface area contributed by atoms with Gasteiger partial charge in [0.2, 0.25) is 0 Å². The molecule has 1 unspecified atom stereocenters. The SMILES string of the molecule is OC(O)c1ccnc(C2Cc3ccn(CCCC(F)(F)F)c3C=N2)c1. The average Bonchev–Trinajstić information content (AvgIpc) is 2.96. The number of rotatable bonds is 5. The summed E-state index contributed by atoms with van der Waals surface area (Å²) in [5, 5.41) is 18.5. The maximum Gasteiger partial charge on any atom is 0.389 e. The minimum Gasteiger partial charge on any atom is -0.364 e. The Morgan fingerprint density at radius 2 is 2.08 bits per heavy atom. The molecule has 0 fully saturated rings. The van der Waals surface area contributed by atoms with Gasteiger partial charge in [-0.05, 0) is 30.2 Å². The fraction of sp³-hybridized carbons (Fsp3) is 0.412. The molecule has 0 saturated carbocycles. The van der Waals surface area contributed by atoms with E-state index in [1.807, 2.05) is 6.07 Å². The first-order chi connectivity index (χ1) is 11.8. The molecule has 0 aliphatic carbocycles. The van der Waals surface area contributed by atoms with E-state index in [0.717, 1.165) is 11.3 Å². The Morgan fingerprint density at radius 1 is 1.28 bits per heavy atom. The molecule has 0 saturated heterocycles. The number of aromatic nitrogens is 2. The average molecular weight is 353 g/mol. The number of aryl methyl sites for hydroxylation is 1. The van der Waals surface area contributed by atoms with E-state index in [4.69, 9.17) is 0 Å². The Balaban J connectivity index is 1.71. The topological polar surface area (TPSA) is 70.6 Å². The van der Waals surface area contributed by atoms with Crippen molar-refractivity contribution in [2.24, 2.45) is 4.99 Å². The highest BCUT2D eigenvalue weighted by Gasteiger charge is 2.26. The van der Waals surface area contributed by atoms with Crippen LogP contribution in [0.5, 0.6) is 0 Å². The minimum atomic E-state index is -4.14. The van der Waals surface area contributed by atoms with Gasteiger partial charge < -0.3 is 14.8 Å². The van der Waals surface area contributed by atoms with Gasteiger partial charge in [0.15, 0.2) is 6.29 Å². The van der Waals surface area contributed by atoms with E-state index in [0.29, 0.717) is 17.7 Å². The zero-order chi connectivity index (χ0) is 18.0. The lowest BCUT2D eigenvalue weighted by Crippen LogP contribution is -2.14.